The van der Waals surface area contributed by atoms with E-state index in [1.165, 1.54) is 23.6 Å². The number of ether oxygens (including phenoxy) is 1. The Morgan fingerprint density at radius 1 is 1.19 bits per heavy atom. The van der Waals surface area contributed by atoms with Gasteiger partial charge in [-0.15, -0.1) is 0 Å². The summed E-state index contributed by atoms with van der Waals surface area (Å²) in [6.45, 7) is 9.40. The number of amides is 1. The van der Waals surface area contributed by atoms with Crippen LogP contribution in [0.2, 0.25) is 0 Å². The van der Waals surface area contributed by atoms with Crippen LogP contribution in [0.1, 0.15) is 50.2 Å². The maximum absolute atomic E-state index is 14.7. The number of likely N-dealkylation sites (tertiary alicyclic amines) is 1. The standard InChI is InChI=1S/C33H46N6O3/c1-4-28(40)39-17-16-38(20-25(39)12-14-34)31-27-11-13-33(19-24-9-6-5-8-23(24)18-22(33)2)30(41)29(27)35-32(36-31)42-21-26-10-7-15-37(26)3/h4-6,8-9,22,25-27,29,31-32,35-36H,1,7,10-13,15-21H2,2-3H3. The van der Waals surface area contributed by atoms with Crippen molar-refractivity contribution in [3.05, 3.63) is 48.0 Å². The topological polar surface area (TPSA) is 101 Å². The van der Waals surface area contributed by atoms with Crippen LogP contribution in [0.25, 0.3) is 0 Å². The number of benzene rings is 1. The van der Waals surface area contributed by atoms with Crippen LogP contribution in [-0.2, 0) is 27.2 Å². The third kappa shape index (κ3) is 5.33. The van der Waals surface area contributed by atoms with Crippen LogP contribution in [0.3, 0.4) is 0 Å². The van der Waals surface area contributed by atoms with E-state index in [4.69, 9.17) is 4.74 Å². The molecule has 9 nitrogen and oxygen atoms in total. The first-order chi connectivity index (χ1) is 20.3. The van der Waals surface area contributed by atoms with Crippen molar-refractivity contribution in [2.75, 3.05) is 39.8 Å². The summed E-state index contributed by atoms with van der Waals surface area (Å²) >= 11 is 0. The number of hydrogen-bond donors (Lipinski definition) is 2. The molecular weight excluding hydrogens is 528 g/mol. The number of rotatable bonds is 6. The molecule has 42 heavy (non-hydrogen) atoms. The number of likely N-dealkylation sites (N-methyl/N-ethyl adjacent to an activating group) is 1. The van der Waals surface area contributed by atoms with Gasteiger partial charge in [0.05, 0.1) is 37.3 Å². The van der Waals surface area contributed by atoms with Crippen LogP contribution in [0.5, 0.6) is 0 Å². The van der Waals surface area contributed by atoms with Crippen LogP contribution >= 0.6 is 0 Å². The van der Waals surface area contributed by atoms with Crippen molar-refractivity contribution in [2.24, 2.45) is 17.3 Å². The lowest BCUT2D eigenvalue weighted by Crippen LogP contribution is -2.75. The molecule has 1 aromatic carbocycles. The van der Waals surface area contributed by atoms with E-state index < -0.39 is 6.35 Å². The highest BCUT2D eigenvalue weighted by molar-refractivity contribution is 5.92. The van der Waals surface area contributed by atoms with Gasteiger partial charge >= 0.3 is 0 Å². The van der Waals surface area contributed by atoms with E-state index in [-0.39, 0.29) is 47.8 Å². The maximum Gasteiger partial charge on any atom is 0.246 e. The number of ketones is 1. The third-order valence-corrected chi connectivity index (χ3v) is 11.1. The van der Waals surface area contributed by atoms with Gasteiger partial charge in [-0.1, -0.05) is 37.8 Å². The van der Waals surface area contributed by atoms with Crippen molar-refractivity contribution in [2.45, 2.75) is 82.5 Å². The van der Waals surface area contributed by atoms with E-state index in [1.54, 1.807) is 4.90 Å². The summed E-state index contributed by atoms with van der Waals surface area (Å²) in [5.74, 6) is 0.545. The zero-order valence-corrected chi connectivity index (χ0v) is 25.1. The molecule has 3 saturated heterocycles. The molecule has 226 valence electrons. The fraction of sp³-hybridized carbons (Fsp3) is 0.667. The number of nitrogens with one attached hydrogen (secondary N) is 2. The molecule has 0 aromatic heterocycles. The fourth-order valence-corrected chi connectivity index (χ4v) is 8.57. The second-order valence-electron chi connectivity index (χ2n) is 13.3. The quantitative estimate of drug-likeness (QED) is 0.500. The molecule has 8 unspecified atom stereocenters. The smallest absolute Gasteiger partial charge is 0.246 e. The first-order valence-electron chi connectivity index (χ1n) is 15.8. The second-order valence-corrected chi connectivity index (χ2v) is 13.3. The van der Waals surface area contributed by atoms with Gasteiger partial charge in [-0.25, -0.2) is 0 Å². The van der Waals surface area contributed by atoms with E-state index in [9.17, 15) is 14.9 Å². The van der Waals surface area contributed by atoms with Gasteiger partial charge < -0.3 is 14.5 Å². The van der Waals surface area contributed by atoms with Crippen molar-refractivity contribution < 1.29 is 14.3 Å². The zero-order valence-electron chi connectivity index (χ0n) is 25.1. The highest BCUT2D eigenvalue weighted by Crippen LogP contribution is 2.50. The van der Waals surface area contributed by atoms with Crippen LogP contribution in [0.15, 0.2) is 36.9 Å². The molecule has 2 aliphatic carbocycles. The van der Waals surface area contributed by atoms with Gasteiger partial charge in [-0.05, 0) is 75.2 Å². The number of carbonyl (C=O) groups excluding carboxylic acids is 2. The molecule has 3 heterocycles. The Kier molecular flexibility index (Phi) is 8.54. The van der Waals surface area contributed by atoms with Crippen molar-refractivity contribution in [1.29, 1.82) is 5.26 Å². The molecule has 6 rings (SSSR count). The van der Waals surface area contributed by atoms with Gasteiger partial charge in [0.25, 0.3) is 0 Å². The van der Waals surface area contributed by atoms with Crippen LogP contribution in [-0.4, -0.2) is 96.9 Å². The summed E-state index contributed by atoms with van der Waals surface area (Å²) in [5, 5.41) is 16.9. The Hall–Kier alpha value is -2.61. The number of fused-ring (bicyclic) bond motifs is 2. The molecule has 1 spiro atoms. The summed E-state index contributed by atoms with van der Waals surface area (Å²) in [6, 6.07) is 10.7. The molecule has 5 aliphatic rings. The average molecular weight is 575 g/mol. The summed E-state index contributed by atoms with van der Waals surface area (Å²) in [6.07, 6.45) is 6.91. The molecule has 2 N–H and O–H groups in total. The minimum Gasteiger partial charge on any atom is -0.348 e. The summed E-state index contributed by atoms with van der Waals surface area (Å²) in [5.41, 5.74) is 2.31. The van der Waals surface area contributed by atoms with Gasteiger partial charge in [-0.3, -0.25) is 25.1 Å². The lowest BCUT2D eigenvalue weighted by molar-refractivity contribution is -0.157. The van der Waals surface area contributed by atoms with Gasteiger partial charge in [-0.2, -0.15) is 5.26 Å². The molecule has 9 heteroatoms. The lowest BCUT2D eigenvalue weighted by Gasteiger charge is -2.56. The lowest BCUT2D eigenvalue weighted by atomic mass is 9.55. The summed E-state index contributed by atoms with van der Waals surface area (Å²) < 4.78 is 6.49. The van der Waals surface area contributed by atoms with E-state index >= 15 is 0 Å². The molecule has 1 aromatic rings. The minimum absolute atomic E-state index is 0.0749. The summed E-state index contributed by atoms with van der Waals surface area (Å²) in [4.78, 5) is 33.8. The molecular formula is C33H46N6O3. The number of Topliss-reactive ketones (excluding diaryl/α,β-unsaturated/α-hetero) is 1. The largest absolute Gasteiger partial charge is 0.348 e. The molecule has 8 atom stereocenters. The van der Waals surface area contributed by atoms with Crippen LogP contribution < -0.4 is 10.6 Å². The van der Waals surface area contributed by atoms with Gasteiger partial charge in [0.15, 0.2) is 12.1 Å². The monoisotopic (exact) mass is 574 g/mol. The number of hydrogen-bond acceptors (Lipinski definition) is 8. The Morgan fingerprint density at radius 3 is 2.74 bits per heavy atom. The highest BCUT2D eigenvalue weighted by atomic mass is 16.5. The first-order valence-corrected chi connectivity index (χ1v) is 15.8. The molecule has 3 aliphatic heterocycles. The van der Waals surface area contributed by atoms with Gasteiger partial charge in [0.1, 0.15) is 0 Å². The predicted octanol–water partition coefficient (Wildman–Crippen LogP) is 2.28. The van der Waals surface area contributed by atoms with Crippen molar-refractivity contribution in [1.82, 2.24) is 25.3 Å². The summed E-state index contributed by atoms with van der Waals surface area (Å²) in [7, 11) is 2.15. The Labute approximate surface area is 250 Å². The van der Waals surface area contributed by atoms with Crippen molar-refractivity contribution in [3.8, 4) is 6.07 Å². The van der Waals surface area contributed by atoms with Crippen molar-refractivity contribution in [3.63, 3.8) is 0 Å². The number of nitriles is 1. The highest BCUT2D eigenvalue weighted by Gasteiger charge is 2.57. The molecule has 4 fully saturated rings. The number of piperazine rings is 1. The average Bonchev–Trinajstić information content (AvgIpc) is 3.42. The SMILES string of the molecule is C=CC(=O)N1CCN(C2NC(OCC3CCCN3C)NC3C(=O)C4(CCC32)Cc2ccccc2CC4C)CC1CC#N. The van der Waals surface area contributed by atoms with Crippen LogP contribution in [0.4, 0.5) is 0 Å². The Bertz CT molecular complexity index is 1230. The number of nitrogens with zero attached hydrogens (tertiary/aromatic N) is 4. The van der Waals surface area contributed by atoms with Crippen molar-refractivity contribution >= 4 is 11.7 Å². The zero-order chi connectivity index (χ0) is 29.4. The van der Waals surface area contributed by atoms with E-state index in [2.05, 4.69) is 71.3 Å². The Morgan fingerprint density at radius 2 is 2.00 bits per heavy atom. The molecule has 0 radical (unpaired) electrons. The third-order valence-electron chi connectivity index (χ3n) is 11.1. The van der Waals surface area contributed by atoms with Gasteiger partial charge in [0, 0.05) is 37.0 Å². The van der Waals surface area contributed by atoms with Gasteiger partial charge in [0.2, 0.25) is 5.91 Å². The normalized spacial score (nSPS) is 37.2. The fourth-order valence-electron chi connectivity index (χ4n) is 8.57. The number of carbonyl (C=O) groups is 2. The molecule has 1 saturated carbocycles. The van der Waals surface area contributed by atoms with Crippen LogP contribution in [0, 0.1) is 28.6 Å². The van der Waals surface area contributed by atoms with E-state index in [1.807, 2.05) is 0 Å². The second kappa shape index (κ2) is 12.2. The van der Waals surface area contributed by atoms with E-state index in [0.717, 1.165) is 38.6 Å². The van der Waals surface area contributed by atoms with E-state index in [0.29, 0.717) is 38.1 Å². The molecule has 1 amide bonds. The molecule has 0 bridgehead atoms. The first kappa shape index (κ1) is 29.5. The Balaban J connectivity index is 1.26. The maximum atomic E-state index is 14.7. The predicted molar refractivity (Wildman–Crippen MR) is 160 cm³/mol. The minimum atomic E-state index is -0.446.